The third-order valence-corrected chi connectivity index (χ3v) is 5.31. The Morgan fingerprint density at radius 1 is 1.24 bits per heavy atom. The first-order valence-electron chi connectivity index (χ1n) is 7.16. The maximum absolute atomic E-state index is 12.7. The Hall–Kier alpha value is -0.960. The molecule has 0 aliphatic carbocycles. The number of aryl methyl sites for hydroxylation is 1. The molecule has 7 nitrogen and oxygen atoms in total. The number of nitrogens with one attached hydrogen (secondary N) is 2. The Morgan fingerprint density at radius 2 is 1.90 bits per heavy atom. The average Bonchev–Trinajstić information content (AvgIpc) is 2.77. The van der Waals surface area contributed by atoms with Gasteiger partial charge in [-0.25, -0.2) is 12.7 Å². The minimum Gasteiger partial charge on any atom is -0.311 e. The van der Waals surface area contributed by atoms with Crippen LogP contribution >= 0.6 is 0 Å². The number of hydrogen-bond donors (Lipinski definition) is 2. The van der Waals surface area contributed by atoms with Gasteiger partial charge in [-0.15, -0.1) is 0 Å². The highest BCUT2D eigenvalue weighted by atomic mass is 32.2. The summed E-state index contributed by atoms with van der Waals surface area (Å²) < 4.78 is 26.8. The maximum atomic E-state index is 12.7. The molecule has 0 saturated carbocycles. The number of hydrogen-bond acceptors (Lipinski definition) is 5. The Labute approximate surface area is 127 Å². The molecule has 21 heavy (non-hydrogen) atoms. The van der Waals surface area contributed by atoms with Gasteiger partial charge in [-0.05, 0) is 40.5 Å². The predicted molar refractivity (Wildman–Crippen MR) is 83.7 cm³/mol. The lowest BCUT2D eigenvalue weighted by Crippen LogP contribution is -2.31. The third kappa shape index (κ3) is 4.77. The molecule has 2 N–H and O–H groups in total. The van der Waals surface area contributed by atoms with Crippen molar-refractivity contribution in [3.8, 4) is 0 Å². The predicted octanol–water partition coefficient (Wildman–Crippen LogP) is 0.400. The Balaban J connectivity index is 2.88. The van der Waals surface area contributed by atoms with Gasteiger partial charge < -0.3 is 10.2 Å². The van der Waals surface area contributed by atoms with Crippen LogP contribution < -0.4 is 5.32 Å². The van der Waals surface area contributed by atoms with Crippen molar-refractivity contribution in [3.05, 3.63) is 11.4 Å². The molecule has 0 bridgehead atoms. The van der Waals surface area contributed by atoms with Crippen LogP contribution in [0.15, 0.2) is 4.90 Å². The normalized spacial score (nSPS) is 12.5. The van der Waals surface area contributed by atoms with E-state index in [2.05, 4.69) is 15.5 Å². The van der Waals surface area contributed by atoms with E-state index in [1.165, 1.54) is 4.31 Å². The fraction of sp³-hybridized carbons (Fsp3) is 0.769. The molecule has 8 heteroatoms. The number of aromatic nitrogens is 2. The fourth-order valence-electron chi connectivity index (χ4n) is 2.06. The number of aromatic amines is 1. The van der Waals surface area contributed by atoms with E-state index in [1.54, 1.807) is 14.0 Å². The SMILES string of the molecule is CCNCc1n[nH]c(C)c1S(=O)(=O)N(C)CCCN(C)C. The van der Waals surface area contributed by atoms with Gasteiger partial charge in [-0.1, -0.05) is 6.92 Å². The summed E-state index contributed by atoms with van der Waals surface area (Å²) in [4.78, 5) is 2.34. The first-order valence-corrected chi connectivity index (χ1v) is 8.60. The molecular formula is C13H27N5O2S. The van der Waals surface area contributed by atoms with Crippen molar-refractivity contribution in [2.24, 2.45) is 0 Å². The number of sulfonamides is 1. The van der Waals surface area contributed by atoms with Crippen LogP contribution in [0.1, 0.15) is 24.7 Å². The van der Waals surface area contributed by atoms with Gasteiger partial charge in [0.15, 0.2) is 0 Å². The monoisotopic (exact) mass is 317 g/mol. The van der Waals surface area contributed by atoms with Crippen LogP contribution in [0.4, 0.5) is 0 Å². The number of rotatable bonds is 9. The standard InChI is InChI=1S/C13H27N5O2S/c1-6-14-10-12-13(11(2)15-16-12)21(19,20)18(5)9-7-8-17(3)4/h14H,6-10H2,1-5H3,(H,15,16). The first-order chi connectivity index (χ1) is 9.80. The van der Waals surface area contributed by atoms with E-state index in [-0.39, 0.29) is 0 Å². The molecule has 122 valence electrons. The topological polar surface area (TPSA) is 81.3 Å². The summed E-state index contributed by atoms with van der Waals surface area (Å²) in [5.41, 5.74) is 1.14. The highest BCUT2D eigenvalue weighted by molar-refractivity contribution is 7.89. The van der Waals surface area contributed by atoms with Crippen molar-refractivity contribution in [3.63, 3.8) is 0 Å². The molecule has 0 aliphatic heterocycles. The second kappa shape index (κ2) is 7.88. The van der Waals surface area contributed by atoms with Crippen molar-refractivity contribution in [2.45, 2.75) is 31.7 Å². The fourth-order valence-corrected chi connectivity index (χ4v) is 3.59. The zero-order chi connectivity index (χ0) is 16.0. The molecule has 1 aromatic heterocycles. The molecule has 1 aromatic rings. The van der Waals surface area contributed by atoms with E-state index in [0.717, 1.165) is 19.5 Å². The summed E-state index contributed by atoms with van der Waals surface area (Å²) in [7, 11) is 2.07. The van der Waals surface area contributed by atoms with Crippen LogP contribution in [-0.2, 0) is 16.6 Å². The quantitative estimate of drug-likeness (QED) is 0.689. The largest absolute Gasteiger partial charge is 0.311 e. The van der Waals surface area contributed by atoms with Gasteiger partial charge in [0.1, 0.15) is 4.90 Å². The van der Waals surface area contributed by atoms with Crippen LogP contribution in [0.25, 0.3) is 0 Å². The lowest BCUT2D eigenvalue weighted by atomic mass is 10.3. The molecular weight excluding hydrogens is 290 g/mol. The average molecular weight is 317 g/mol. The van der Waals surface area contributed by atoms with Crippen LogP contribution in [0, 0.1) is 6.92 Å². The molecule has 0 aromatic carbocycles. The smallest absolute Gasteiger partial charge is 0.246 e. The molecule has 0 atom stereocenters. The third-order valence-electron chi connectivity index (χ3n) is 3.25. The molecule has 1 heterocycles. The van der Waals surface area contributed by atoms with Gasteiger partial charge in [0.25, 0.3) is 0 Å². The zero-order valence-electron chi connectivity index (χ0n) is 13.6. The second-order valence-corrected chi connectivity index (χ2v) is 7.37. The zero-order valence-corrected chi connectivity index (χ0v) is 14.4. The van der Waals surface area contributed by atoms with Crippen LogP contribution in [0.3, 0.4) is 0 Å². The summed E-state index contributed by atoms with van der Waals surface area (Å²) in [6.45, 7) is 6.27. The van der Waals surface area contributed by atoms with Gasteiger partial charge in [-0.2, -0.15) is 5.10 Å². The minimum atomic E-state index is -3.50. The lowest BCUT2D eigenvalue weighted by Gasteiger charge is -2.19. The van der Waals surface area contributed by atoms with E-state index in [4.69, 9.17) is 0 Å². The molecule has 0 unspecified atom stereocenters. The van der Waals surface area contributed by atoms with Crippen molar-refractivity contribution < 1.29 is 8.42 Å². The highest BCUT2D eigenvalue weighted by Crippen LogP contribution is 2.21. The highest BCUT2D eigenvalue weighted by Gasteiger charge is 2.28. The summed E-state index contributed by atoms with van der Waals surface area (Å²) >= 11 is 0. The molecule has 0 saturated heterocycles. The van der Waals surface area contributed by atoms with Crippen molar-refractivity contribution in [1.82, 2.24) is 24.7 Å². The summed E-state index contributed by atoms with van der Waals surface area (Å²) in [6, 6.07) is 0. The number of nitrogens with zero attached hydrogens (tertiary/aromatic N) is 3. The van der Waals surface area contributed by atoms with E-state index >= 15 is 0 Å². The van der Waals surface area contributed by atoms with Crippen molar-refractivity contribution in [1.29, 1.82) is 0 Å². The summed E-state index contributed by atoms with van der Waals surface area (Å²) in [5.74, 6) is 0. The van der Waals surface area contributed by atoms with E-state index in [0.29, 0.717) is 29.4 Å². The Bertz CT molecular complexity index is 539. The lowest BCUT2D eigenvalue weighted by molar-refractivity contribution is 0.370. The molecule has 1 rings (SSSR count). The van der Waals surface area contributed by atoms with Crippen molar-refractivity contribution >= 4 is 10.0 Å². The van der Waals surface area contributed by atoms with E-state index in [9.17, 15) is 8.42 Å². The first kappa shape index (κ1) is 18.1. The van der Waals surface area contributed by atoms with Gasteiger partial charge in [0.2, 0.25) is 10.0 Å². The van der Waals surface area contributed by atoms with Gasteiger partial charge in [-0.3, -0.25) is 5.10 Å². The van der Waals surface area contributed by atoms with Gasteiger partial charge in [0, 0.05) is 20.1 Å². The molecule has 0 aliphatic rings. The van der Waals surface area contributed by atoms with Gasteiger partial charge >= 0.3 is 0 Å². The van der Waals surface area contributed by atoms with Crippen LogP contribution in [0.5, 0.6) is 0 Å². The van der Waals surface area contributed by atoms with E-state index in [1.807, 2.05) is 25.9 Å². The summed E-state index contributed by atoms with van der Waals surface area (Å²) in [5, 5.41) is 10.0. The Kier molecular flexibility index (Phi) is 6.79. The molecule has 0 amide bonds. The molecule has 0 fully saturated rings. The van der Waals surface area contributed by atoms with Crippen LogP contribution in [-0.4, -0.2) is 68.6 Å². The second-order valence-electron chi connectivity index (χ2n) is 5.39. The van der Waals surface area contributed by atoms with Gasteiger partial charge in [0.05, 0.1) is 11.4 Å². The molecule has 0 spiro atoms. The van der Waals surface area contributed by atoms with Crippen molar-refractivity contribution in [2.75, 3.05) is 40.8 Å². The minimum absolute atomic E-state index is 0.302. The van der Waals surface area contributed by atoms with Crippen LogP contribution in [0.2, 0.25) is 0 Å². The number of H-pyrrole nitrogens is 1. The maximum Gasteiger partial charge on any atom is 0.246 e. The Morgan fingerprint density at radius 3 is 2.48 bits per heavy atom. The molecule has 0 radical (unpaired) electrons. The summed E-state index contributed by atoms with van der Waals surface area (Å²) in [6.07, 6.45) is 0.794. The van der Waals surface area contributed by atoms with E-state index < -0.39 is 10.0 Å².